The molecule has 5 heteroatoms. The molecule has 0 spiro atoms. The summed E-state index contributed by atoms with van der Waals surface area (Å²) in [6.07, 6.45) is 1.86. The van der Waals surface area contributed by atoms with Gasteiger partial charge in [-0.05, 0) is 55.2 Å². The van der Waals surface area contributed by atoms with E-state index < -0.39 is 6.10 Å². The van der Waals surface area contributed by atoms with Crippen molar-refractivity contribution in [3.63, 3.8) is 0 Å². The first-order chi connectivity index (χ1) is 13.6. The molecule has 1 aliphatic heterocycles. The third-order valence-electron chi connectivity index (χ3n) is 4.95. The highest BCUT2D eigenvalue weighted by atomic mass is 16.5. The number of ether oxygens (including phenoxy) is 3. The summed E-state index contributed by atoms with van der Waals surface area (Å²) < 4.78 is 16.8. The lowest BCUT2D eigenvalue weighted by Crippen LogP contribution is -2.39. The maximum absolute atomic E-state index is 10.6. The number of aliphatic hydroxyl groups is 1. The third-order valence-corrected chi connectivity index (χ3v) is 4.95. The molecular weight excluding hydrogens is 354 g/mol. The van der Waals surface area contributed by atoms with E-state index in [0.717, 1.165) is 49.6 Å². The molecule has 1 saturated heterocycles. The van der Waals surface area contributed by atoms with E-state index in [1.165, 1.54) is 5.56 Å². The van der Waals surface area contributed by atoms with Crippen LogP contribution in [0.1, 0.15) is 24.0 Å². The Kier molecular flexibility index (Phi) is 7.71. The van der Waals surface area contributed by atoms with E-state index >= 15 is 0 Å². The molecule has 2 unspecified atom stereocenters. The molecule has 0 aliphatic carbocycles. The summed E-state index contributed by atoms with van der Waals surface area (Å²) in [4.78, 5) is 2.25. The summed E-state index contributed by atoms with van der Waals surface area (Å²) in [6, 6.07) is 16.0. The SMILES string of the molecule is COc1ccc(CN(CC(O)COc2cccc(C)c2)CC2CCCO2)cc1. The van der Waals surface area contributed by atoms with Crippen molar-refractivity contribution >= 4 is 0 Å². The van der Waals surface area contributed by atoms with Crippen molar-refractivity contribution in [3.8, 4) is 11.5 Å². The van der Waals surface area contributed by atoms with Gasteiger partial charge in [0.15, 0.2) is 0 Å². The predicted octanol–water partition coefficient (Wildman–Crippen LogP) is 3.42. The highest BCUT2D eigenvalue weighted by Gasteiger charge is 2.21. The first-order valence-corrected chi connectivity index (χ1v) is 9.97. The van der Waals surface area contributed by atoms with Crippen LogP contribution in [0.5, 0.6) is 11.5 Å². The van der Waals surface area contributed by atoms with Crippen LogP contribution in [0.4, 0.5) is 0 Å². The second-order valence-corrected chi connectivity index (χ2v) is 7.46. The number of rotatable bonds is 10. The predicted molar refractivity (Wildman–Crippen MR) is 110 cm³/mol. The molecule has 2 aromatic rings. The minimum atomic E-state index is -0.569. The minimum absolute atomic E-state index is 0.239. The van der Waals surface area contributed by atoms with E-state index in [0.29, 0.717) is 6.54 Å². The number of aryl methyl sites for hydroxylation is 1. The normalized spacial score (nSPS) is 17.6. The lowest BCUT2D eigenvalue weighted by atomic mass is 10.1. The van der Waals surface area contributed by atoms with Gasteiger partial charge in [0.05, 0.1) is 13.2 Å². The van der Waals surface area contributed by atoms with Crippen molar-refractivity contribution in [2.75, 3.05) is 33.4 Å². The summed E-state index contributed by atoms with van der Waals surface area (Å²) in [5.74, 6) is 1.64. The van der Waals surface area contributed by atoms with E-state index in [-0.39, 0.29) is 12.7 Å². The Hall–Kier alpha value is -2.08. The topological polar surface area (TPSA) is 51.2 Å². The zero-order valence-electron chi connectivity index (χ0n) is 16.8. The largest absolute Gasteiger partial charge is 0.497 e. The van der Waals surface area contributed by atoms with E-state index in [1.54, 1.807) is 7.11 Å². The number of hydrogen-bond donors (Lipinski definition) is 1. The van der Waals surface area contributed by atoms with Crippen molar-refractivity contribution in [2.24, 2.45) is 0 Å². The molecule has 3 rings (SSSR count). The van der Waals surface area contributed by atoms with Gasteiger partial charge in [-0.25, -0.2) is 0 Å². The molecule has 28 heavy (non-hydrogen) atoms. The molecule has 0 bridgehead atoms. The molecule has 0 saturated carbocycles. The number of benzene rings is 2. The Morgan fingerprint density at radius 2 is 2.00 bits per heavy atom. The van der Waals surface area contributed by atoms with Gasteiger partial charge in [0, 0.05) is 26.2 Å². The van der Waals surface area contributed by atoms with Gasteiger partial charge in [0.1, 0.15) is 24.2 Å². The van der Waals surface area contributed by atoms with Crippen molar-refractivity contribution < 1.29 is 19.3 Å². The van der Waals surface area contributed by atoms with Gasteiger partial charge in [-0.1, -0.05) is 24.3 Å². The first-order valence-electron chi connectivity index (χ1n) is 9.97. The molecule has 1 aliphatic rings. The zero-order valence-corrected chi connectivity index (χ0v) is 16.8. The highest BCUT2D eigenvalue weighted by Crippen LogP contribution is 2.18. The molecule has 2 atom stereocenters. The van der Waals surface area contributed by atoms with Crippen LogP contribution in [0, 0.1) is 6.92 Å². The summed E-state index contributed by atoms with van der Waals surface area (Å²) in [7, 11) is 1.67. The standard InChI is InChI=1S/C23H31NO4/c1-18-5-3-6-22(13-18)28-17-20(25)15-24(16-23-7-4-12-27-23)14-19-8-10-21(26-2)11-9-19/h3,5-6,8-11,13,20,23,25H,4,7,12,14-17H2,1-2H3. The second-order valence-electron chi connectivity index (χ2n) is 7.46. The van der Waals surface area contributed by atoms with Crippen LogP contribution in [0.15, 0.2) is 48.5 Å². The molecule has 1 fully saturated rings. The Morgan fingerprint density at radius 1 is 1.18 bits per heavy atom. The second kappa shape index (κ2) is 10.5. The molecule has 152 valence electrons. The van der Waals surface area contributed by atoms with Gasteiger partial charge in [-0.15, -0.1) is 0 Å². The maximum Gasteiger partial charge on any atom is 0.119 e. The quantitative estimate of drug-likeness (QED) is 0.679. The maximum atomic E-state index is 10.6. The van der Waals surface area contributed by atoms with Crippen molar-refractivity contribution in [1.29, 1.82) is 0 Å². The van der Waals surface area contributed by atoms with Gasteiger partial charge in [0.25, 0.3) is 0 Å². The molecule has 5 nitrogen and oxygen atoms in total. The fourth-order valence-corrected chi connectivity index (χ4v) is 3.52. The highest BCUT2D eigenvalue weighted by molar-refractivity contribution is 5.28. The van der Waals surface area contributed by atoms with E-state index in [9.17, 15) is 5.11 Å². The lowest BCUT2D eigenvalue weighted by Gasteiger charge is -2.27. The summed E-state index contributed by atoms with van der Waals surface area (Å²) >= 11 is 0. The van der Waals surface area contributed by atoms with Crippen molar-refractivity contribution in [3.05, 3.63) is 59.7 Å². The third kappa shape index (κ3) is 6.51. The van der Waals surface area contributed by atoms with Crippen LogP contribution in [0.2, 0.25) is 0 Å². The number of aliphatic hydroxyl groups excluding tert-OH is 1. The lowest BCUT2D eigenvalue weighted by molar-refractivity contribution is 0.0313. The fraction of sp³-hybridized carbons (Fsp3) is 0.478. The van der Waals surface area contributed by atoms with Gasteiger partial charge in [-0.3, -0.25) is 4.90 Å². The number of nitrogens with zero attached hydrogens (tertiary/aromatic N) is 1. The van der Waals surface area contributed by atoms with E-state index in [4.69, 9.17) is 14.2 Å². The number of methoxy groups -OCH3 is 1. The van der Waals surface area contributed by atoms with Gasteiger partial charge < -0.3 is 19.3 Å². The molecule has 2 aromatic carbocycles. The van der Waals surface area contributed by atoms with Crippen LogP contribution >= 0.6 is 0 Å². The van der Waals surface area contributed by atoms with Gasteiger partial charge in [0.2, 0.25) is 0 Å². The average molecular weight is 386 g/mol. The summed E-state index contributed by atoms with van der Waals surface area (Å²) in [5.41, 5.74) is 2.33. The van der Waals surface area contributed by atoms with Gasteiger partial charge in [-0.2, -0.15) is 0 Å². The molecule has 0 aromatic heterocycles. The average Bonchev–Trinajstić information content (AvgIpc) is 3.20. The molecule has 0 radical (unpaired) electrons. The monoisotopic (exact) mass is 385 g/mol. The minimum Gasteiger partial charge on any atom is -0.497 e. The van der Waals surface area contributed by atoms with Crippen LogP contribution in [0.3, 0.4) is 0 Å². The molecule has 0 amide bonds. The van der Waals surface area contributed by atoms with Crippen LogP contribution in [0.25, 0.3) is 0 Å². The van der Waals surface area contributed by atoms with Crippen molar-refractivity contribution in [2.45, 2.75) is 38.5 Å². The van der Waals surface area contributed by atoms with Crippen LogP contribution < -0.4 is 9.47 Å². The smallest absolute Gasteiger partial charge is 0.119 e. The molecular formula is C23H31NO4. The Labute approximate surface area is 167 Å². The zero-order chi connectivity index (χ0) is 19.8. The van der Waals surface area contributed by atoms with Gasteiger partial charge >= 0.3 is 0 Å². The molecule has 1 heterocycles. The number of hydrogen-bond acceptors (Lipinski definition) is 5. The first kappa shape index (κ1) is 20.6. The van der Waals surface area contributed by atoms with E-state index in [2.05, 4.69) is 17.0 Å². The summed E-state index contributed by atoms with van der Waals surface area (Å²) in [5, 5.41) is 10.6. The fourth-order valence-electron chi connectivity index (χ4n) is 3.52. The Balaban J connectivity index is 1.56. The summed E-state index contributed by atoms with van der Waals surface area (Å²) in [6.45, 7) is 5.24. The van der Waals surface area contributed by atoms with Crippen LogP contribution in [-0.2, 0) is 11.3 Å². The van der Waals surface area contributed by atoms with Crippen LogP contribution in [-0.4, -0.2) is 55.6 Å². The van der Waals surface area contributed by atoms with E-state index in [1.807, 2.05) is 43.3 Å². The Bertz CT molecular complexity index is 713. The Morgan fingerprint density at radius 3 is 2.68 bits per heavy atom. The van der Waals surface area contributed by atoms with Crippen molar-refractivity contribution in [1.82, 2.24) is 4.90 Å². The molecule has 1 N–H and O–H groups in total.